The van der Waals surface area contributed by atoms with E-state index in [0.29, 0.717) is 55.8 Å². The number of benzene rings is 2. The molecule has 3 aromatic rings. The second-order valence-electron chi connectivity index (χ2n) is 12.7. The molecule has 2 aliphatic rings. The van der Waals surface area contributed by atoms with Crippen molar-refractivity contribution in [3.05, 3.63) is 89.2 Å². The number of ketones is 2. The number of methoxy groups -OCH3 is 1. The normalized spacial score (nSPS) is 20.9. The molecular weight excluding hydrogens is 611 g/mol. The summed E-state index contributed by atoms with van der Waals surface area (Å²) in [6.07, 6.45) is -1.73. The molecule has 2 fully saturated rings. The summed E-state index contributed by atoms with van der Waals surface area (Å²) in [6, 6.07) is 16.3. The Balaban J connectivity index is 1.09. The molecule has 47 heavy (non-hydrogen) atoms. The van der Waals surface area contributed by atoms with E-state index in [1.54, 1.807) is 60.5 Å². The van der Waals surface area contributed by atoms with E-state index < -0.39 is 6.36 Å². The number of alkyl halides is 3. The van der Waals surface area contributed by atoms with Crippen LogP contribution < -0.4 is 9.47 Å². The van der Waals surface area contributed by atoms with Crippen LogP contribution in [0.1, 0.15) is 69.9 Å². The van der Waals surface area contributed by atoms with Gasteiger partial charge in [-0.05, 0) is 84.7 Å². The van der Waals surface area contributed by atoms with Crippen LogP contribution in [0.3, 0.4) is 0 Å². The minimum absolute atomic E-state index is 0.0215. The Hall–Kier alpha value is -4.25. The van der Waals surface area contributed by atoms with Gasteiger partial charge in [-0.3, -0.25) is 24.3 Å². The molecule has 0 N–H and O–H groups in total. The van der Waals surface area contributed by atoms with Gasteiger partial charge in [0.1, 0.15) is 17.2 Å². The SMILES string of the molecule is COc1ccc(C(=O)C2CCN(C(=O)c3ccc(C(=O)CC4[C@H](C)CN(Cc5ccc(OC(F)(F)F)cc5)C[C@@H]4C)cn3)CC2)cc1. The number of likely N-dealkylation sites (tertiary alicyclic amines) is 2. The predicted octanol–water partition coefficient (Wildman–Crippen LogP) is 6.70. The zero-order valence-corrected chi connectivity index (χ0v) is 26.8. The molecule has 3 heterocycles. The van der Waals surface area contributed by atoms with Gasteiger partial charge in [0.05, 0.1) is 7.11 Å². The van der Waals surface area contributed by atoms with Crippen molar-refractivity contribution in [2.75, 3.05) is 33.3 Å². The summed E-state index contributed by atoms with van der Waals surface area (Å²) in [7, 11) is 1.58. The molecule has 1 aromatic heterocycles. The highest BCUT2D eigenvalue weighted by atomic mass is 19.4. The Bertz CT molecular complexity index is 1520. The van der Waals surface area contributed by atoms with E-state index in [4.69, 9.17) is 4.74 Å². The maximum atomic E-state index is 13.3. The molecule has 2 aliphatic heterocycles. The fourth-order valence-electron chi connectivity index (χ4n) is 6.82. The standard InChI is InChI=1S/C36H40F3N3O5/c1-23-20-41(22-25-4-9-30(10-5-25)47-36(37,38)39)21-24(2)31(23)18-33(43)28-8-13-32(40-19-28)35(45)42-16-14-27(15-17-42)34(44)26-6-11-29(46-3)12-7-26/h4-13,19,23-24,27,31H,14-18,20-22H2,1-3H3/t23-,24+,31?. The fraction of sp³-hybridized carbons (Fsp3) is 0.444. The molecule has 2 aromatic carbocycles. The summed E-state index contributed by atoms with van der Waals surface area (Å²) < 4.78 is 46.5. The topological polar surface area (TPSA) is 89.0 Å². The highest BCUT2D eigenvalue weighted by Crippen LogP contribution is 2.33. The number of ether oxygens (including phenoxy) is 2. The number of carbonyl (C=O) groups is 3. The van der Waals surface area contributed by atoms with Crippen LogP contribution in [0.2, 0.25) is 0 Å². The summed E-state index contributed by atoms with van der Waals surface area (Å²) >= 11 is 0. The van der Waals surface area contributed by atoms with Crippen molar-refractivity contribution in [3.8, 4) is 11.5 Å². The summed E-state index contributed by atoms with van der Waals surface area (Å²) in [5.74, 6) is 0.749. The van der Waals surface area contributed by atoms with Crippen molar-refractivity contribution in [2.24, 2.45) is 23.7 Å². The van der Waals surface area contributed by atoms with Crippen LogP contribution in [0.15, 0.2) is 66.9 Å². The van der Waals surface area contributed by atoms with Crippen LogP contribution in [0.4, 0.5) is 13.2 Å². The van der Waals surface area contributed by atoms with Crippen LogP contribution in [-0.4, -0.2) is 71.9 Å². The predicted molar refractivity (Wildman–Crippen MR) is 169 cm³/mol. The van der Waals surface area contributed by atoms with Crippen molar-refractivity contribution < 1.29 is 37.0 Å². The van der Waals surface area contributed by atoms with Gasteiger partial charge in [0, 0.05) is 62.4 Å². The number of aromatic nitrogens is 1. The van der Waals surface area contributed by atoms with Crippen LogP contribution in [0.5, 0.6) is 11.5 Å². The first kappa shape index (κ1) is 34.1. The Labute approximate surface area is 272 Å². The van der Waals surface area contributed by atoms with Gasteiger partial charge in [-0.1, -0.05) is 26.0 Å². The maximum absolute atomic E-state index is 13.3. The zero-order valence-electron chi connectivity index (χ0n) is 26.8. The summed E-state index contributed by atoms with van der Waals surface area (Å²) in [4.78, 5) is 47.7. The van der Waals surface area contributed by atoms with Gasteiger partial charge >= 0.3 is 6.36 Å². The first-order valence-corrected chi connectivity index (χ1v) is 15.9. The van der Waals surface area contributed by atoms with Gasteiger partial charge in [0.15, 0.2) is 11.6 Å². The number of pyridine rings is 1. The lowest BCUT2D eigenvalue weighted by Crippen LogP contribution is -2.44. The van der Waals surface area contributed by atoms with Gasteiger partial charge in [-0.15, -0.1) is 13.2 Å². The highest BCUT2D eigenvalue weighted by molar-refractivity contribution is 5.99. The Kier molecular flexibility index (Phi) is 10.6. The van der Waals surface area contributed by atoms with Crippen LogP contribution in [-0.2, 0) is 6.54 Å². The molecule has 0 radical (unpaired) electrons. The van der Waals surface area contributed by atoms with Gasteiger partial charge in [0.25, 0.3) is 5.91 Å². The molecule has 11 heteroatoms. The second-order valence-corrected chi connectivity index (χ2v) is 12.7. The molecule has 2 saturated heterocycles. The maximum Gasteiger partial charge on any atom is 0.573 e. The molecule has 3 atom stereocenters. The first-order valence-electron chi connectivity index (χ1n) is 15.9. The molecule has 0 spiro atoms. The smallest absolute Gasteiger partial charge is 0.497 e. The number of amides is 1. The fourth-order valence-corrected chi connectivity index (χ4v) is 6.82. The number of nitrogens with zero attached hydrogens (tertiary/aromatic N) is 3. The van der Waals surface area contributed by atoms with Crippen LogP contribution >= 0.6 is 0 Å². The molecule has 0 aliphatic carbocycles. The lowest BCUT2D eigenvalue weighted by molar-refractivity contribution is -0.274. The number of Topliss-reactive ketones (excluding diaryl/α,β-unsaturated/α-hetero) is 2. The number of piperidine rings is 2. The van der Waals surface area contributed by atoms with E-state index >= 15 is 0 Å². The molecule has 1 amide bonds. The van der Waals surface area contributed by atoms with E-state index in [1.807, 2.05) is 0 Å². The summed E-state index contributed by atoms with van der Waals surface area (Å²) in [5.41, 5.74) is 2.27. The lowest BCUT2D eigenvalue weighted by atomic mass is 9.76. The van der Waals surface area contributed by atoms with Crippen molar-refractivity contribution in [2.45, 2.75) is 46.0 Å². The van der Waals surface area contributed by atoms with E-state index in [1.165, 1.54) is 18.3 Å². The summed E-state index contributed by atoms with van der Waals surface area (Å²) in [5, 5.41) is 0. The van der Waals surface area contributed by atoms with Gasteiger partial charge in [-0.2, -0.15) is 0 Å². The summed E-state index contributed by atoms with van der Waals surface area (Å²) in [6.45, 7) is 7.27. The van der Waals surface area contributed by atoms with Gasteiger partial charge < -0.3 is 14.4 Å². The third-order valence-corrected chi connectivity index (χ3v) is 9.37. The average molecular weight is 652 g/mol. The molecule has 1 unspecified atom stereocenters. The van der Waals surface area contributed by atoms with Crippen molar-refractivity contribution in [1.82, 2.24) is 14.8 Å². The van der Waals surface area contributed by atoms with Crippen LogP contribution in [0, 0.1) is 23.7 Å². The number of rotatable bonds is 10. The lowest BCUT2D eigenvalue weighted by Gasteiger charge is -2.41. The molecule has 0 bridgehead atoms. The van der Waals surface area contributed by atoms with E-state index in [-0.39, 0.29) is 52.6 Å². The number of halogens is 3. The highest BCUT2D eigenvalue weighted by Gasteiger charge is 2.34. The first-order chi connectivity index (χ1) is 22.4. The number of carbonyl (C=O) groups excluding carboxylic acids is 3. The molecule has 8 nitrogen and oxygen atoms in total. The molecule has 5 rings (SSSR count). The van der Waals surface area contributed by atoms with Crippen molar-refractivity contribution in [3.63, 3.8) is 0 Å². The van der Waals surface area contributed by atoms with E-state index in [0.717, 1.165) is 18.7 Å². The van der Waals surface area contributed by atoms with Crippen molar-refractivity contribution in [1.29, 1.82) is 0 Å². The van der Waals surface area contributed by atoms with Gasteiger partial charge in [-0.25, -0.2) is 0 Å². The van der Waals surface area contributed by atoms with Gasteiger partial charge in [0.2, 0.25) is 0 Å². The Morgan fingerprint density at radius 2 is 1.45 bits per heavy atom. The number of hydrogen-bond donors (Lipinski definition) is 0. The Morgan fingerprint density at radius 1 is 0.851 bits per heavy atom. The molecular formula is C36H40F3N3O5. The zero-order chi connectivity index (χ0) is 33.7. The molecule has 250 valence electrons. The second kappa shape index (κ2) is 14.7. The van der Waals surface area contributed by atoms with Crippen LogP contribution in [0.25, 0.3) is 0 Å². The monoisotopic (exact) mass is 651 g/mol. The largest absolute Gasteiger partial charge is 0.573 e. The van der Waals surface area contributed by atoms with E-state index in [2.05, 4.69) is 28.5 Å². The quantitative estimate of drug-likeness (QED) is 0.226. The number of hydrogen-bond acceptors (Lipinski definition) is 7. The third kappa shape index (κ3) is 8.77. The average Bonchev–Trinajstić information content (AvgIpc) is 3.06. The third-order valence-electron chi connectivity index (χ3n) is 9.37. The molecule has 0 saturated carbocycles. The Morgan fingerprint density at radius 3 is 2.00 bits per heavy atom. The van der Waals surface area contributed by atoms with Crippen molar-refractivity contribution >= 4 is 17.5 Å². The minimum atomic E-state index is -4.72. The van der Waals surface area contributed by atoms with E-state index in [9.17, 15) is 27.6 Å². The minimum Gasteiger partial charge on any atom is -0.497 e.